The molecule has 19 heavy (non-hydrogen) atoms. The van der Waals surface area contributed by atoms with Crippen LogP contribution in [0.3, 0.4) is 0 Å². The highest BCUT2D eigenvalue weighted by Crippen LogP contribution is 2.15. The molecule has 1 amide bonds. The third-order valence-corrected chi connectivity index (χ3v) is 3.42. The molecule has 1 aromatic heterocycles. The lowest BCUT2D eigenvalue weighted by atomic mass is 9.94. The van der Waals surface area contributed by atoms with E-state index in [0.717, 1.165) is 30.6 Å². The zero-order chi connectivity index (χ0) is 13.0. The largest absolute Gasteiger partial charge is 0.351 e. The first-order valence-corrected chi connectivity index (χ1v) is 6.58. The van der Waals surface area contributed by atoms with Gasteiger partial charge in [0.1, 0.15) is 0 Å². The summed E-state index contributed by atoms with van der Waals surface area (Å²) < 4.78 is 0. The quantitative estimate of drug-likeness (QED) is 0.890. The standard InChI is InChI=1S/C14H21N3O.ClH/c1-10-5-6-15-13(7-10)14(18)17-9-12-4-3-11(2)16-8-12;/h3-4,8,10,13,15H,5-7,9H2,1-2H3,(H,17,18);1H. The summed E-state index contributed by atoms with van der Waals surface area (Å²) in [6, 6.07) is 3.93. The molecule has 1 fully saturated rings. The maximum absolute atomic E-state index is 12.0. The number of hydrogen-bond donors (Lipinski definition) is 2. The predicted octanol–water partition coefficient (Wildman–Crippen LogP) is 1.82. The Labute approximate surface area is 120 Å². The summed E-state index contributed by atoms with van der Waals surface area (Å²) in [4.78, 5) is 16.2. The molecule has 5 heteroatoms. The van der Waals surface area contributed by atoms with Crippen molar-refractivity contribution < 1.29 is 4.79 Å². The third kappa shape index (κ3) is 4.80. The van der Waals surface area contributed by atoms with Gasteiger partial charge in [0.15, 0.2) is 0 Å². The molecule has 1 aliphatic heterocycles. The van der Waals surface area contributed by atoms with E-state index in [-0.39, 0.29) is 24.4 Å². The van der Waals surface area contributed by atoms with Crippen LogP contribution < -0.4 is 10.6 Å². The van der Waals surface area contributed by atoms with E-state index < -0.39 is 0 Å². The van der Waals surface area contributed by atoms with Gasteiger partial charge in [-0.25, -0.2) is 0 Å². The van der Waals surface area contributed by atoms with E-state index >= 15 is 0 Å². The summed E-state index contributed by atoms with van der Waals surface area (Å²) in [7, 11) is 0. The SMILES string of the molecule is Cc1ccc(CNC(=O)C2CC(C)CCN2)cn1.Cl. The van der Waals surface area contributed by atoms with Crippen LogP contribution in [0.2, 0.25) is 0 Å². The molecule has 2 atom stereocenters. The molecule has 0 radical (unpaired) electrons. The first-order valence-electron chi connectivity index (χ1n) is 6.58. The van der Waals surface area contributed by atoms with Gasteiger partial charge >= 0.3 is 0 Å². The van der Waals surface area contributed by atoms with Crippen LogP contribution in [0, 0.1) is 12.8 Å². The molecule has 4 nitrogen and oxygen atoms in total. The Bertz CT molecular complexity index is 408. The van der Waals surface area contributed by atoms with Gasteiger partial charge in [-0.15, -0.1) is 12.4 Å². The number of pyridine rings is 1. The van der Waals surface area contributed by atoms with E-state index in [4.69, 9.17) is 0 Å². The molecule has 106 valence electrons. The lowest BCUT2D eigenvalue weighted by Crippen LogP contribution is -2.48. The van der Waals surface area contributed by atoms with E-state index in [2.05, 4.69) is 22.5 Å². The van der Waals surface area contributed by atoms with Crippen molar-refractivity contribution in [3.05, 3.63) is 29.6 Å². The van der Waals surface area contributed by atoms with E-state index in [1.165, 1.54) is 0 Å². The van der Waals surface area contributed by atoms with Gasteiger partial charge in [-0.3, -0.25) is 9.78 Å². The van der Waals surface area contributed by atoms with Crippen molar-refractivity contribution in [2.75, 3.05) is 6.54 Å². The van der Waals surface area contributed by atoms with Crippen LogP contribution in [0.5, 0.6) is 0 Å². The Kier molecular flexibility index (Phi) is 6.25. The highest BCUT2D eigenvalue weighted by atomic mass is 35.5. The van der Waals surface area contributed by atoms with Crippen molar-refractivity contribution >= 4 is 18.3 Å². The second-order valence-corrected chi connectivity index (χ2v) is 5.16. The number of aryl methyl sites for hydroxylation is 1. The van der Waals surface area contributed by atoms with Gasteiger partial charge in [-0.1, -0.05) is 13.0 Å². The predicted molar refractivity (Wildman–Crippen MR) is 78.3 cm³/mol. The Hall–Kier alpha value is -1.13. The average Bonchev–Trinajstić information content (AvgIpc) is 2.38. The maximum Gasteiger partial charge on any atom is 0.237 e. The van der Waals surface area contributed by atoms with Crippen LogP contribution in [0.15, 0.2) is 18.3 Å². The van der Waals surface area contributed by atoms with E-state index in [0.29, 0.717) is 12.5 Å². The summed E-state index contributed by atoms with van der Waals surface area (Å²) in [5.74, 6) is 0.727. The number of aromatic nitrogens is 1. The van der Waals surface area contributed by atoms with Gasteiger partial charge in [0.2, 0.25) is 5.91 Å². The van der Waals surface area contributed by atoms with Crippen molar-refractivity contribution in [2.24, 2.45) is 5.92 Å². The lowest BCUT2D eigenvalue weighted by molar-refractivity contribution is -0.124. The van der Waals surface area contributed by atoms with Crippen LogP contribution in [0.1, 0.15) is 31.0 Å². The monoisotopic (exact) mass is 283 g/mol. The first kappa shape index (κ1) is 15.9. The summed E-state index contributed by atoms with van der Waals surface area (Å²) in [6.45, 7) is 5.64. The Morgan fingerprint density at radius 2 is 2.32 bits per heavy atom. The van der Waals surface area contributed by atoms with Crippen molar-refractivity contribution in [3.63, 3.8) is 0 Å². The van der Waals surface area contributed by atoms with Gasteiger partial charge in [0.05, 0.1) is 6.04 Å². The number of nitrogens with one attached hydrogen (secondary N) is 2. The van der Waals surface area contributed by atoms with E-state index in [1.807, 2.05) is 25.3 Å². The Balaban J connectivity index is 0.00000180. The van der Waals surface area contributed by atoms with Gasteiger partial charge in [-0.2, -0.15) is 0 Å². The maximum atomic E-state index is 12.0. The molecule has 0 saturated carbocycles. The zero-order valence-corrected chi connectivity index (χ0v) is 12.3. The molecule has 1 saturated heterocycles. The van der Waals surface area contributed by atoms with Gasteiger partial charge < -0.3 is 10.6 Å². The van der Waals surface area contributed by atoms with Crippen LogP contribution in [-0.2, 0) is 11.3 Å². The van der Waals surface area contributed by atoms with Crippen molar-refractivity contribution in [3.8, 4) is 0 Å². The molecule has 2 rings (SSSR count). The summed E-state index contributed by atoms with van der Waals surface area (Å²) in [6.07, 6.45) is 3.90. The molecule has 1 aliphatic rings. The summed E-state index contributed by atoms with van der Waals surface area (Å²) in [5.41, 5.74) is 2.03. The Morgan fingerprint density at radius 3 is 2.95 bits per heavy atom. The second kappa shape index (κ2) is 7.46. The minimum Gasteiger partial charge on any atom is -0.351 e. The van der Waals surface area contributed by atoms with Gasteiger partial charge in [0.25, 0.3) is 0 Å². The minimum absolute atomic E-state index is 0. The van der Waals surface area contributed by atoms with Crippen molar-refractivity contribution in [1.82, 2.24) is 15.6 Å². The number of hydrogen-bond acceptors (Lipinski definition) is 3. The highest BCUT2D eigenvalue weighted by Gasteiger charge is 2.23. The lowest BCUT2D eigenvalue weighted by Gasteiger charge is -2.27. The molecular weight excluding hydrogens is 262 g/mol. The van der Waals surface area contributed by atoms with Crippen molar-refractivity contribution in [1.29, 1.82) is 0 Å². The fourth-order valence-electron chi connectivity index (χ4n) is 2.22. The molecule has 1 aromatic rings. The first-order chi connectivity index (χ1) is 8.65. The smallest absolute Gasteiger partial charge is 0.237 e. The van der Waals surface area contributed by atoms with Crippen LogP contribution in [0.4, 0.5) is 0 Å². The molecule has 2 N–H and O–H groups in total. The molecule has 2 unspecified atom stereocenters. The summed E-state index contributed by atoms with van der Waals surface area (Å²) >= 11 is 0. The van der Waals surface area contributed by atoms with Gasteiger partial charge in [0, 0.05) is 18.4 Å². The van der Waals surface area contributed by atoms with Crippen LogP contribution in [0.25, 0.3) is 0 Å². The molecule has 0 spiro atoms. The average molecular weight is 284 g/mol. The number of rotatable bonds is 3. The van der Waals surface area contributed by atoms with E-state index in [9.17, 15) is 4.79 Å². The number of carbonyl (C=O) groups excluding carboxylic acids is 1. The number of halogens is 1. The molecule has 2 heterocycles. The topological polar surface area (TPSA) is 54.0 Å². The van der Waals surface area contributed by atoms with Crippen LogP contribution in [-0.4, -0.2) is 23.5 Å². The minimum atomic E-state index is -0.0350. The van der Waals surface area contributed by atoms with Crippen LogP contribution >= 0.6 is 12.4 Å². The molecular formula is C14H22ClN3O. The van der Waals surface area contributed by atoms with E-state index in [1.54, 1.807) is 0 Å². The number of nitrogens with zero attached hydrogens (tertiary/aromatic N) is 1. The van der Waals surface area contributed by atoms with Crippen molar-refractivity contribution in [2.45, 2.75) is 39.3 Å². The number of piperidine rings is 1. The molecule has 0 aliphatic carbocycles. The fourth-order valence-corrected chi connectivity index (χ4v) is 2.22. The molecule has 0 bridgehead atoms. The number of amides is 1. The fraction of sp³-hybridized carbons (Fsp3) is 0.571. The Morgan fingerprint density at radius 1 is 1.53 bits per heavy atom. The van der Waals surface area contributed by atoms with Gasteiger partial charge in [-0.05, 0) is 43.9 Å². The zero-order valence-electron chi connectivity index (χ0n) is 11.5. The number of carbonyl (C=O) groups is 1. The normalized spacial score (nSPS) is 22.4. The molecule has 0 aromatic carbocycles. The summed E-state index contributed by atoms with van der Waals surface area (Å²) in [5, 5.41) is 6.23. The second-order valence-electron chi connectivity index (χ2n) is 5.16. The third-order valence-electron chi connectivity index (χ3n) is 3.42. The highest BCUT2D eigenvalue weighted by molar-refractivity contribution is 5.85.